The van der Waals surface area contributed by atoms with E-state index in [1.54, 1.807) is 23.9 Å². The van der Waals surface area contributed by atoms with E-state index in [9.17, 15) is 9.18 Å². The number of ketones is 1. The third-order valence-electron chi connectivity index (χ3n) is 3.06. The van der Waals surface area contributed by atoms with Crippen molar-refractivity contribution in [3.05, 3.63) is 59.0 Å². The van der Waals surface area contributed by atoms with E-state index in [0.717, 1.165) is 0 Å². The van der Waals surface area contributed by atoms with Gasteiger partial charge in [0.1, 0.15) is 23.0 Å². The van der Waals surface area contributed by atoms with Crippen LogP contribution in [0, 0.1) is 5.82 Å². The lowest BCUT2D eigenvalue weighted by Crippen LogP contribution is -2.03. The van der Waals surface area contributed by atoms with Crippen LogP contribution in [0.5, 0.6) is 0 Å². The molecule has 4 nitrogen and oxygen atoms in total. The molecule has 0 bridgehead atoms. The summed E-state index contributed by atoms with van der Waals surface area (Å²) in [4.78, 5) is 20.1. The van der Waals surface area contributed by atoms with Crippen LogP contribution in [-0.2, 0) is 7.05 Å². The van der Waals surface area contributed by atoms with Crippen molar-refractivity contribution in [1.29, 1.82) is 0 Å². The van der Waals surface area contributed by atoms with Crippen molar-refractivity contribution in [3.8, 4) is 0 Å². The molecule has 0 spiro atoms. The van der Waals surface area contributed by atoms with Crippen molar-refractivity contribution in [2.75, 3.05) is 0 Å². The number of nitrogens with zero attached hydrogens (tertiary/aromatic N) is 3. The molecule has 1 aromatic carbocycles. The summed E-state index contributed by atoms with van der Waals surface area (Å²) in [5.74, 6) is -0.616. The van der Waals surface area contributed by atoms with Gasteiger partial charge in [-0.1, -0.05) is 11.6 Å². The molecule has 100 valence electrons. The summed E-state index contributed by atoms with van der Waals surface area (Å²) >= 11 is 5.76. The van der Waals surface area contributed by atoms with Gasteiger partial charge in [-0.2, -0.15) is 0 Å². The van der Waals surface area contributed by atoms with Crippen LogP contribution in [0.2, 0.25) is 5.15 Å². The van der Waals surface area contributed by atoms with Crippen LogP contribution in [0.25, 0.3) is 10.9 Å². The first-order valence-electron chi connectivity index (χ1n) is 5.83. The monoisotopic (exact) mass is 289 g/mol. The molecule has 0 aliphatic carbocycles. The second kappa shape index (κ2) is 4.68. The topological polar surface area (TPSA) is 47.8 Å². The number of hydrogen-bond acceptors (Lipinski definition) is 3. The number of hydrogen-bond donors (Lipinski definition) is 0. The summed E-state index contributed by atoms with van der Waals surface area (Å²) in [7, 11) is 1.76. The van der Waals surface area contributed by atoms with Crippen LogP contribution in [0.15, 0.2) is 36.8 Å². The van der Waals surface area contributed by atoms with Gasteiger partial charge in [-0.05, 0) is 18.2 Å². The fourth-order valence-electron chi connectivity index (χ4n) is 2.13. The highest BCUT2D eigenvalue weighted by atomic mass is 35.5. The van der Waals surface area contributed by atoms with Gasteiger partial charge >= 0.3 is 0 Å². The van der Waals surface area contributed by atoms with Crippen LogP contribution >= 0.6 is 11.6 Å². The van der Waals surface area contributed by atoms with Crippen molar-refractivity contribution in [2.24, 2.45) is 7.05 Å². The lowest BCUT2D eigenvalue weighted by Gasteiger charge is -1.99. The molecule has 0 saturated carbocycles. The molecule has 0 aliphatic rings. The van der Waals surface area contributed by atoms with Crippen LogP contribution in [-0.4, -0.2) is 20.3 Å². The molecule has 2 aromatic heterocycles. The highest BCUT2D eigenvalue weighted by molar-refractivity contribution is 6.30. The minimum absolute atomic E-state index is 0.203. The van der Waals surface area contributed by atoms with Crippen LogP contribution < -0.4 is 0 Å². The molecule has 0 N–H and O–H groups in total. The fraction of sp³-hybridized carbons (Fsp3) is 0.0714. The van der Waals surface area contributed by atoms with E-state index in [0.29, 0.717) is 16.5 Å². The molecule has 2 heterocycles. The third kappa shape index (κ3) is 2.06. The first kappa shape index (κ1) is 12.7. The van der Waals surface area contributed by atoms with Gasteiger partial charge in [0.2, 0.25) is 5.78 Å². The van der Waals surface area contributed by atoms with Gasteiger partial charge in [0.05, 0.1) is 5.52 Å². The van der Waals surface area contributed by atoms with Gasteiger partial charge in [-0.25, -0.2) is 14.4 Å². The molecule has 0 fully saturated rings. The lowest BCUT2D eigenvalue weighted by atomic mass is 10.1. The Morgan fingerprint density at radius 1 is 1.30 bits per heavy atom. The number of aryl methyl sites for hydroxylation is 1. The Morgan fingerprint density at radius 2 is 2.10 bits per heavy atom. The first-order valence-corrected chi connectivity index (χ1v) is 6.21. The number of benzene rings is 1. The molecule has 6 heteroatoms. The van der Waals surface area contributed by atoms with Gasteiger partial charge in [-0.15, -0.1) is 0 Å². The minimum Gasteiger partial charge on any atom is -0.350 e. The van der Waals surface area contributed by atoms with Crippen molar-refractivity contribution in [2.45, 2.75) is 0 Å². The van der Waals surface area contributed by atoms with Crippen molar-refractivity contribution >= 4 is 28.3 Å². The maximum absolute atomic E-state index is 13.3. The van der Waals surface area contributed by atoms with Crippen molar-refractivity contribution in [1.82, 2.24) is 14.5 Å². The lowest BCUT2D eigenvalue weighted by molar-refractivity contribution is 0.103. The zero-order chi connectivity index (χ0) is 14.3. The van der Waals surface area contributed by atoms with E-state index in [2.05, 4.69) is 9.97 Å². The molecule has 20 heavy (non-hydrogen) atoms. The average molecular weight is 290 g/mol. The second-order valence-electron chi connectivity index (χ2n) is 4.37. The fourth-order valence-corrected chi connectivity index (χ4v) is 2.28. The Kier molecular flexibility index (Phi) is 2.99. The highest BCUT2D eigenvalue weighted by Crippen LogP contribution is 2.24. The van der Waals surface area contributed by atoms with Gasteiger partial charge < -0.3 is 4.57 Å². The van der Waals surface area contributed by atoms with E-state index < -0.39 is 0 Å². The quantitative estimate of drug-likeness (QED) is 0.538. The second-order valence-corrected chi connectivity index (χ2v) is 4.76. The number of aromatic nitrogens is 3. The van der Waals surface area contributed by atoms with E-state index in [1.807, 2.05) is 0 Å². The molecule has 0 aliphatic heterocycles. The van der Waals surface area contributed by atoms with Crippen molar-refractivity contribution in [3.63, 3.8) is 0 Å². The van der Waals surface area contributed by atoms with E-state index in [-0.39, 0.29) is 22.4 Å². The van der Waals surface area contributed by atoms with Gasteiger partial charge in [0.15, 0.2) is 0 Å². The third-order valence-corrected chi connectivity index (χ3v) is 3.27. The summed E-state index contributed by atoms with van der Waals surface area (Å²) in [5.41, 5.74) is 1.31. The molecule has 0 unspecified atom stereocenters. The summed E-state index contributed by atoms with van der Waals surface area (Å²) in [6.07, 6.45) is 2.89. The van der Waals surface area contributed by atoms with E-state index >= 15 is 0 Å². The molecule has 0 amide bonds. The SMILES string of the molecule is Cn1cc(C(=O)c2cc(Cl)ncn2)c2ccc(F)cc21. The first-order chi connectivity index (χ1) is 9.56. The maximum atomic E-state index is 13.3. The molecule has 0 saturated heterocycles. The molecule has 3 rings (SSSR count). The summed E-state index contributed by atoms with van der Waals surface area (Å²) in [6, 6.07) is 5.71. The number of rotatable bonds is 2. The Bertz CT molecular complexity index is 828. The number of carbonyl (C=O) groups excluding carboxylic acids is 1. The molecular formula is C14H9ClFN3O. The zero-order valence-corrected chi connectivity index (χ0v) is 11.2. The van der Waals surface area contributed by atoms with Gasteiger partial charge in [-0.3, -0.25) is 4.79 Å². The Balaban J connectivity index is 2.17. The van der Waals surface area contributed by atoms with Gasteiger partial charge in [0, 0.05) is 30.3 Å². The number of fused-ring (bicyclic) bond motifs is 1. The summed E-state index contributed by atoms with van der Waals surface area (Å²) < 4.78 is 15.0. The van der Waals surface area contributed by atoms with Crippen molar-refractivity contribution < 1.29 is 9.18 Å². The zero-order valence-electron chi connectivity index (χ0n) is 10.5. The minimum atomic E-state index is -0.345. The summed E-state index contributed by atoms with van der Waals surface area (Å²) in [6.45, 7) is 0. The van der Waals surface area contributed by atoms with Gasteiger partial charge in [0.25, 0.3) is 0 Å². The van der Waals surface area contributed by atoms with Crippen LogP contribution in [0.3, 0.4) is 0 Å². The summed E-state index contributed by atoms with van der Waals surface area (Å²) in [5, 5.41) is 0.878. The normalized spacial score (nSPS) is 10.9. The largest absolute Gasteiger partial charge is 0.350 e. The van der Waals surface area contributed by atoms with E-state index in [1.165, 1.54) is 24.5 Å². The average Bonchev–Trinajstić information content (AvgIpc) is 2.75. The predicted molar refractivity (Wildman–Crippen MR) is 73.4 cm³/mol. The maximum Gasteiger partial charge on any atom is 0.213 e. The van der Waals surface area contributed by atoms with Crippen LogP contribution in [0.4, 0.5) is 4.39 Å². The standard InChI is InChI=1S/C14H9ClFN3O/c1-19-6-10(9-3-2-8(16)4-12(9)19)14(20)11-5-13(15)18-7-17-11/h2-7H,1H3. The molecule has 0 atom stereocenters. The molecule has 0 radical (unpaired) electrons. The Labute approximate surface area is 118 Å². The molecular weight excluding hydrogens is 281 g/mol. The Hall–Kier alpha value is -2.27. The Morgan fingerprint density at radius 3 is 2.85 bits per heavy atom. The van der Waals surface area contributed by atoms with Crippen LogP contribution in [0.1, 0.15) is 16.1 Å². The highest BCUT2D eigenvalue weighted by Gasteiger charge is 2.17. The smallest absolute Gasteiger partial charge is 0.213 e. The molecule has 3 aromatic rings. The number of carbonyl (C=O) groups is 1. The van der Waals surface area contributed by atoms with E-state index in [4.69, 9.17) is 11.6 Å². The predicted octanol–water partition coefficient (Wildman–Crippen LogP) is 2.99. The number of halogens is 2.